The van der Waals surface area contributed by atoms with Crippen LogP contribution in [0.3, 0.4) is 0 Å². The van der Waals surface area contributed by atoms with Crippen molar-refractivity contribution in [3.05, 3.63) is 41.8 Å². The molecule has 3 heterocycles. The second-order valence-corrected chi connectivity index (χ2v) is 6.09. The molecule has 0 fully saturated rings. The largest absolute Gasteiger partial charge is 0.264 e. The van der Waals surface area contributed by atoms with E-state index in [1.54, 1.807) is 21.3 Å². The number of fused-ring (bicyclic) bond motifs is 1. The van der Waals surface area contributed by atoms with Crippen molar-refractivity contribution in [2.75, 3.05) is 0 Å². The number of rotatable bonds is 3. The van der Waals surface area contributed by atoms with Gasteiger partial charge in [0.05, 0.1) is 5.69 Å². The van der Waals surface area contributed by atoms with Crippen LogP contribution in [0.1, 0.15) is 12.6 Å². The molecule has 0 radical (unpaired) electrons. The number of hydrogen-bond acceptors (Lipinski definition) is 5. The summed E-state index contributed by atoms with van der Waals surface area (Å²) >= 11 is 1.42. The van der Waals surface area contributed by atoms with Gasteiger partial charge in [-0.05, 0) is 36.8 Å². The molecule has 23 heavy (non-hydrogen) atoms. The molecule has 3 aromatic heterocycles. The lowest BCUT2D eigenvalue weighted by Crippen LogP contribution is -1.98. The Morgan fingerprint density at radius 3 is 2.61 bits per heavy atom. The third-order valence-electron chi connectivity index (χ3n) is 3.60. The number of halogens is 1. The van der Waals surface area contributed by atoms with Crippen LogP contribution in [-0.2, 0) is 13.5 Å². The summed E-state index contributed by atoms with van der Waals surface area (Å²) in [5, 5.41) is 18.2. The maximum Gasteiger partial charge on any atom is 0.235 e. The molecule has 0 aliphatic carbocycles. The summed E-state index contributed by atoms with van der Waals surface area (Å²) in [5.74, 6) is 0.388. The van der Waals surface area contributed by atoms with Crippen molar-refractivity contribution < 1.29 is 4.39 Å². The molecule has 1 aromatic carbocycles. The summed E-state index contributed by atoms with van der Waals surface area (Å²) in [6.07, 6.45) is 0.855. The molecule has 0 aliphatic heterocycles. The minimum absolute atomic E-state index is 0.264. The van der Waals surface area contributed by atoms with Gasteiger partial charge in [0.2, 0.25) is 10.8 Å². The minimum Gasteiger partial charge on any atom is -0.264 e. The molecule has 4 rings (SSSR count). The van der Waals surface area contributed by atoms with Crippen LogP contribution in [0, 0.1) is 5.82 Å². The number of nitrogens with zero attached hydrogens (tertiary/aromatic N) is 6. The normalized spacial score (nSPS) is 11.4. The van der Waals surface area contributed by atoms with Crippen LogP contribution < -0.4 is 0 Å². The summed E-state index contributed by atoms with van der Waals surface area (Å²) in [5.41, 5.74) is 2.71. The van der Waals surface area contributed by atoms with Crippen LogP contribution >= 0.6 is 11.3 Å². The van der Waals surface area contributed by atoms with Gasteiger partial charge in [-0.25, -0.2) is 4.39 Å². The van der Waals surface area contributed by atoms with E-state index in [0.717, 1.165) is 28.4 Å². The molecule has 0 aliphatic rings. The third kappa shape index (κ3) is 2.31. The van der Waals surface area contributed by atoms with Gasteiger partial charge in [0.25, 0.3) is 0 Å². The maximum absolute atomic E-state index is 13.1. The van der Waals surface area contributed by atoms with Crippen LogP contribution in [0.5, 0.6) is 0 Å². The summed E-state index contributed by atoms with van der Waals surface area (Å²) in [6.45, 7) is 2.06. The van der Waals surface area contributed by atoms with Crippen molar-refractivity contribution in [2.45, 2.75) is 13.3 Å². The van der Waals surface area contributed by atoms with E-state index in [-0.39, 0.29) is 5.82 Å². The number of aromatic nitrogens is 6. The third-order valence-corrected chi connectivity index (χ3v) is 4.55. The molecule has 116 valence electrons. The SMILES string of the molecule is CCc1cc(-c2nnc3sc(-c4ccc(F)cc4)nn23)n(C)n1. The molecule has 0 N–H and O–H groups in total. The van der Waals surface area contributed by atoms with Gasteiger partial charge in [-0.3, -0.25) is 4.68 Å². The van der Waals surface area contributed by atoms with Crippen molar-refractivity contribution >= 4 is 16.3 Å². The second kappa shape index (κ2) is 5.24. The van der Waals surface area contributed by atoms with Gasteiger partial charge in [-0.2, -0.15) is 14.7 Å². The van der Waals surface area contributed by atoms with Gasteiger partial charge in [0, 0.05) is 12.6 Å². The molecular formula is C15H13FN6S. The molecule has 0 unspecified atom stereocenters. The molecule has 8 heteroatoms. The molecule has 0 atom stereocenters. The number of benzene rings is 1. The smallest absolute Gasteiger partial charge is 0.235 e. The topological polar surface area (TPSA) is 60.9 Å². The van der Waals surface area contributed by atoms with E-state index in [9.17, 15) is 4.39 Å². The zero-order chi connectivity index (χ0) is 16.0. The maximum atomic E-state index is 13.1. The molecule has 0 spiro atoms. The lowest BCUT2D eigenvalue weighted by molar-refractivity contribution is 0.628. The Balaban J connectivity index is 1.83. The zero-order valence-corrected chi connectivity index (χ0v) is 13.4. The van der Waals surface area contributed by atoms with Gasteiger partial charge >= 0.3 is 0 Å². The van der Waals surface area contributed by atoms with Crippen molar-refractivity contribution in [3.8, 4) is 22.1 Å². The fourth-order valence-electron chi connectivity index (χ4n) is 2.39. The van der Waals surface area contributed by atoms with Crippen molar-refractivity contribution in [1.29, 1.82) is 0 Å². The minimum atomic E-state index is -0.264. The summed E-state index contributed by atoms with van der Waals surface area (Å²) in [7, 11) is 1.88. The Hall–Kier alpha value is -2.61. The van der Waals surface area contributed by atoms with Crippen LogP contribution in [-0.4, -0.2) is 29.6 Å². The highest BCUT2D eigenvalue weighted by Crippen LogP contribution is 2.28. The summed E-state index contributed by atoms with van der Waals surface area (Å²) < 4.78 is 16.6. The fourth-order valence-corrected chi connectivity index (χ4v) is 3.24. The van der Waals surface area contributed by atoms with Crippen molar-refractivity contribution in [1.82, 2.24) is 29.6 Å². The Kier molecular flexibility index (Phi) is 3.19. The van der Waals surface area contributed by atoms with Gasteiger partial charge in [-0.1, -0.05) is 18.3 Å². The van der Waals surface area contributed by atoms with E-state index >= 15 is 0 Å². The Bertz CT molecular complexity index is 981. The lowest BCUT2D eigenvalue weighted by atomic mass is 10.2. The van der Waals surface area contributed by atoms with E-state index in [4.69, 9.17) is 0 Å². The van der Waals surface area contributed by atoms with E-state index in [1.165, 1.54) is 23.5 Å². The van der Waals surface area contributed by atoms with Crippen LogP contribution in [0.15, 0.2) is 30.3 Å². The number of aryl methyl sites for hydroxylation is 2. The predicted molar refractivity (Wildman–Crippen MR) is 85.6 cm³/mol. The van der Waals surface area contributed by atoms with Crippen LogP contribution in [0.2, 0.25) is 0 Å². The van der Waals surface area contributed by atoms with Gasteiger partial charge < -0.3 is 0 Å². The first-order valence-electron chi connectivity index (χ1n) is 7.17. The van der Waals surface area contributed by atoms with E-state index < -0.39 is 0 Å². The molecule has 0 bridgehead atoms. The van der Waals surface area contributed by atoms with Crippen molar-refractivity contribution in [3.63, 3.8) is 0 Å². The van der Waals surface area contributed by atoms with Crippen LogP contribution in [0.25, 0.3) is 27.1 Å². The summed E-state index contributed by atoms with van der Waals surface area (Å²) in [4.78, 5) is 0.693. The zero-order valence-electron chi connectivity index (χ0n) is 12.6. The standard InChI is InChI=1S/C15H13FN6S/c1-3-11-8-12(21(2)19-11)13-17-18-15-22(13)20-14(23-15)9-4-6-10(16)7-5-9/h4-8H,3H2,1-2H3. The van der Waals surface area contributed by atoms with Gasteiger partial charge in [0.1, 0.15) is 16.5 Å². The van der Waals surface area contributed by atoms with Gasteiger partial charge in [0.15, 0.2) is 0 Å². The Morgan fingerprint density at radius 1 is 1.13 bits per heavy atom. The second-order valence-electron chi connectivity index (χ2n) is 5.13. The average Bonchev–Trinajstić information content (AvgIpc) is 3.21. The fraction of sp³-hybridized carbons (Fsp3) is 0.200. The average molecular weight is 328 g/mol. The molecular weight excluding hydrogens is 315 g/mol. The Morgan fingerprint density at radius 2 is 1.91 bits per heavy atom. The Labute approximate surface area is 135 Å². The van der Waals surface area contributed by atoms with Crippen molar-refractivity contribution in [2.24, 2.45) is 7.05 Å². The first kappa shape index (κ1) is 14.0. The predicted octanol–water partition coefficient (Wildman–Crippen LogP) is 2.95. The monoisotopic (exact) mass is 328 g/mol. The molecule has 4 aromatic rings. The molecule has 0 saturated heterocycles. The first-order chi connectivity index (χ1) is 11.2. The van der Waals surface area contributed by atoms with E-state index in [2.05, 4.69) is 27.3 Å². The van der Waals surface area contributed by atoms with Crippen LogP contribution in [0.4, 0.5) is 4.39 Å². The molecule has 0 saturated carbocycles. The number of hydrogen-bond donors (Lipinski definition) is 0. The highest BCUT2D eigenvalue weighted by molar-refractivity contribution is 7.19. The highest BCUT2D eigenvalue weighted by atomic mass is 32.1. The van der Waals surface area contributed by atoms with Gasteiger partial charge in [-0.15, -0.1) is 10.2 Å². The molecule has 0 amide bonds. The first-order valence-corrected chi connectivity index (χ1v) is 7.99. The lowest BCUT2D eigenvalue weighted by Gasteiger charge is -1.97. The molecule has 6 nitrogen and oxygen atoms in total. The highest BCUT2D eigenvalue weighted by Gasteiger charge is 2.17. The quantitative estimate of drug-likeness (QED) is 0.580. The van der Waals surface area contributed by atoms with E-state index in [1.807, 2.05) is 13.1 Å². The summed E-state index contributed by atoms with van der Waals surface area (Å²) in [6, 6.07) is 8.26. The van der Waals surface area contributed by atoms with E-state index in [0.29, 0.717) is 10.8 Å².